The molecule has 0 bridgehead atoms. The first-order valence-corrected chi connectivity index (χ1v) is 7.01. The summed E-state index contributed by atoms with van der Waals surface area (Å²) in [6.45, 7) is 3.92. The molecule has 1 aromatic rings. The third kappa shape index (κ3) is 3.74. The molecule has 2 heterocycles. The van der Waals surface area contributed by atoms with Gasteiger partial charge < -0.3 is 10.1 Å². The Hall–Kier alpha value is -0.490. The Labute approximate surface area is 107 Å². The predicted octanol–water partition coefficient (Wildman–Crippen LogP) is 1.47. The lowest BCUT2D eigenvalue weighted by molar-refractivity contribution is 0.180. The fourth-order valence-electron chi connectivity index (χ4n) is 2.28. The molecule has 0 amide bonds. The van der Waals surface area contributed by atoms with Crippen LogP contribution in [-0.4, -0.2) is 43.2 Å². The van der Waals surface area contributed by atoms with Crippen LogP contribution in [0.1, 0.15) is 23.5 Å². The number of thiazole rings is 1. The summed E-state index contributed by atoms with van der Waals surface area (Å²) in [6, 6.07) is 0.640. The van der Waals surface area contributed by atoms with Crippen LogP contribution in [0.5, 0.6) is 0 Å². The highest BCUT2D eigenvalue weighted by Gasteiger charge is 2.19. The molecule has 1 atom stereocenters. The molecule has 1 unspecified atom stereocenters. The number of nitrogens with one attached hydrogen (secondary N) is 1. The Kier molecular flexibility index (Phi) is 4.91. The second-order valence-corrected chi connectivity index (χ2v) is 5.47. The van der Waals surface area contributed by atoms with Crippen molar-refractivity contribution in [2.45, 2.75) is 32.0 Å². The van der Waals surface area contributed by atoms with Gasteiger partial charge in [0.1, 0.15) is 5.01 Å². The van der Waals surface area contributed by atoms with Crippen molar-refractivity contribution in [2.24, 2.45) is 0 Å². The van der Waals surface area contributed by atoms with E-state index in [4.69, 9.17) is 4.74 Å². The van der Waals surface area contributed by atoms with E-state index in [1.165, 1.54) is 25.1 Å². The zero-order valence-corrected chi connectivity index (χ0v) is 11.4. The summed E-state index contributed by atoms with van der Waals surface area (Å²) in [7, 11) is 3.76. The molecule has 0 saturated carbocycles. The number of hydrogen-bond acceptors (Lipinski definition) is 5. The van der Waals surface area contributed by atoms with Gasteiger partial charge in [-0.05, 0) is 26.4 Å². The van der Waals surface area contributed by atoms with E-state index < -0.39 is 0 Å². The zero-order chi connectivity index (χ0) is 12.1. The maximum Gasteiger partial charge on any atom is 0.119 e. The predicted molar refractivity (Wildman–Crippen MR) is 70.2 cm³/mol. The van der Waals surface area contributed by atoms with Crippen molar-refractivity contribution in [3.8, 4) is 0 Å². The maximum atomic E-state index is 5.09. The summed E-state index contributed by atoms with van der Waals surface area (Å²) in [4.78, 5) is 7.06. The first-order chi connectivity index (χ1) is 8.31. The van der Waals surface area contributed by atoms with Crippen LogP contribution in [0.15, 0.2) is 5.38 Å². The summed E-state index contributed by atoms with van der Waals surface area (Å²) < 4.78 is 5.09. The molecule has 1 fully saturated rings. The minimum atomic E-state index is 0.629. The Balaban J connectivity index is 1.86. The molecular weight excluding hydrogens is 234 g/mol. The van der Waals surface area contributed by atoms with Gasteiger partial charge in [0.15, 0.2) is 0 Å². The number of likely N-dealkylation sites (N-methyl/N-ethyl adjacent to an activating group) is 1. The molecule has 4 nitrogen and oxygen atoms in total. The van der Waals surface area contributed by atoms with Gasteiger partial charge in [0.05, 0.1) is 12.3 Å². The SMILES string of the molecule is CNC1CCCN(Cc2csc(COC)n2)C1. The Morgan fingerprint density at radius 3 is 3.29 bits per heavy atom. The second kappa shape index (κ2) is 6.44. The fourth-order valence-corrected chi connectivity index (χ4v) is 3.03. The van der Waals surface area contributed by atoms with Crippen LogP contribution in [0.4, 0.5) is 0 Å². The van der Waals surface area contributed by atoms with E-state index in [1.807, 2.05) is 7.05 Å². The molecule has 0 radical (unpaired) electrons. The molecule has 96 valence electrons. The standard InChI is InChI=1S/C12H21N3OS/c1-13-10-4-3-5-15(6-10)7-11-9-17-12(14-11)8-16-2/h9-10,13H,3-8H2,1-2H3. The van der Waals surface area contributed by atoms with Gasteiger partial charge in [-0.3, -0.25) is 4.90 Å². The summed E-state index contributed by atoms with van der Waals surface area (Å²) >= 11 is 1.69. The van der Waals surface area contributed by atoms with Crippen LogP contribution in [0.3, 0.4) is 0 Å². The minimum absolute atomic E-state index is 0.629. The lowest BCUT2D eigenvalue weighted by Crippen LogP contribution is -2.43. The zero-order valence-electron chi connectivity index (χ0n) is 10.6. The molecule has 1 saturated heterocycles. The third-order valence-electron chi connectivity index (χ3n) is 3.17. The van der Waals surface area contributed by atoms with Gasteiger partial charge in [-0.1, -0.05) is 0 Å². The molecule has 1 aliphatic heterocycles. The Morgan fingerprint density at radius 2 is 2.53 bits per heavy atom. The number of aromatic nitrogens is 1. The van der Waals surface area contributed by atoms with Crippen molar-refractivity contribution in [3.63, 3.8) is 0 Å². The molecule has 0 spiro atoms. The summed E-state index contributed by atoms with van der Waals surface area (Å²) in [5, 5.41) is 6.59. The van der Waals surface area contributed by atoms with E-state index in [1.54, 1.807) is 18.4 Å². The number of rotatable bonds is 5. The second-order valence-electron chi connectivity index (χ2n) is 4.53. The van der Waals surface area contributed by atoms with Gasteiger partial charge in [0, 0.05) is 31.6 Å². The average Bonchev–Trinajstić information content (AvgIpc) is 2.77. The van der Waals surface area contributed by atoms with Gasteiger partial charge in [-0.2, -0.15) is 0 Å². The maximum absolute atomic E-state index is 5.09. The number of hydrogen-bond donors (Lipinski definition) is 1. The van der Waals surface area contributed by atoms with Gasteiger partial charge in [0.2, 0.25) is 0 Å². The normalized spacial score (nSPS) is 21.9. The fraction of sp³-hybridized carbons (Fsp3) is 0.750. The minimum Gasteiger partial charge on any atom is -0.378 e. The number of ether oxygens (including phenoxy) is 1. The van der Waals surface area contributed by atoms with E-state index in [0.29, 0.717) is 12.6 Å². The summed E-state index contributed by atoms with van der Waals surface area (Å²) in [6.07, 6.45) is 2.57. The molecule has 0 aromatic carbocycles. The lowest BCUT2D eigenvalue weighted by atomic mass is 10.1. The molecule has 17 heavy (non-hydrogen) atoms. The van der Waals surface area contributed by atoms with Crippen molar-refractivity contribution in [3.05, 3.63) is 16.1 Å². The highest BCUT2D eigenvalue weighted by Crippen LogP contribution is 2.16. The Bertz CT molecular complexity index is 342. The highest BCUT2D eigenvalue weighted by atomic mass is 32.1. The van der Waals surface area contributed by atoms with E-state index >= 15 is 0 Å². The van der Waals surface area contributed by atoms with Crippen molar-refractivity contribution in [2.75, 3.05) is 27.2 Å². The van der Waals surface area contributed by atoms with E-state index in [9.17, 15) is 0 Å². The van der Waals surface area contributed by atoms with Crippen LogP contribution < -0.4 is 5.32 Å². The van der Waals surface area contributed by atoms with Crippen LogP contribution in [-0.2, 0) is 17.9 Å². The van der Waals surface area contributed by atoms with E-state index in [-0.39, 0.29) is 0 Å². The molecule has 0 aliphatic carbocycles. The van der Waals surface area contributed by atoms with Gasteiger partial charge >= 0.3 is 0 Å². The summed E-state index contributed by atoms with van der Waals surface area (Å²) in [5.41, 5.74) is 1.18. The first kappa shape index (κ1) is 13.0. The van der Waals surface area contributed by atoms with Crippen molar-refractivity contribution < 1.29 is 4.74 Å². The average molecular weight is 255 g/mol. The van der Waals surface area contributed by atoms with Crippen molar-refractivity contribution in [1.29, 1.82) is 0 Å². The quantitative estimate of drug-likeness (QED) is 0.864. The third-order valence-corrected chi connectivity index (χ3v) is 4.04. The van der Waals surface area contributed by atoms with Crippen LogP contribution in [0, 0.1) is 0 Å². The van der Waals surface area contributed by atoms with Gasteiger partial charge in [0.25, 0.3) is 0 Å². The number of methoxy groups -OCH3 is 1. The largest absolute Gasteiger partial charge is 0.378 e. The molecule has 1 aromatic heterocycles. The van der Waals surface area contributed by atoms with E-state index in [2.05, 4.69) is 20.6 Å². The molecule has 2 rings (SSSR count). The van der Waals surface area contributed by atoms with Gasteiger partial charge in [-0.15, -0.1) is 11.3 Å². The van der Waals surface area contributed by atoms with Crippen molar-refractivity contribution in [1.82, 2.24) is 15.2 Å². The number of likely N-dealkylation sites (tertiary alicyclic amines) is 1. The number of nitrogens with zero attached hydrogens (tertiary/aromatic N) is 2. The first-order valence-electron chi connectivity index (χ1n) is 6.13. The summed E-state index contributed by atoms with van der Waals surface area (Å²) in [5.74, 6) is 0. The number of piperidine rings is 1. The van der Waals surface area contributed by atoms with Crippen molar-refractivity contribution >= 4 is 11.3 Å². The van der Waals surface area contributed by atoms with E-state index in [0.717, 1.165) is 18.1 Å². The van der Waals surface area contributed by atoms with Gasteiger partial charge in [-0.25, -0.2) is 4.98 Å². The molecular formula is C12H21N3OS. The lowest BCUT2D eigenvalue weighted by Gasteiger charge is -2.31. The molecule has 1 aliphatic rings. The molecule has 1 N–H and O–H groups in total. The van der Waals surface area contributed by atoms with Crippen LogP contribution in [0.2, 0.25) is 0 Å². The Morgan fingerprint density at radius 1 is 1.65 bits per heavy atom. The smallest absolute Gasteiger partial charge is 0.119 e. The topological polar surface area (TPSA) is 37.4 Å². The molecule has 5 heteroatoms. The van der Waals surface area contributed by atoms with Crippen LogP contribution in [0.25, 0.3) is 0 Å². The van der Waals surface area contributed by atoms with Crippen LogP contribution >= 0.6 is 11.3 Å². The monoisotopic (exact) mass is 255 g/mol. The highest BCUT2D eigenvalue weighted by molar-refractivity contribution is 7.09.